The quantitative estimate of drug-likeness (QED) is 0.457. The summed E-state index contributed by atoms with van der Waals surface area (Å²) in [6.07, 6.45) is 1.47. The van der Waals surface area contributed by atoms with E-state index in [-0.39, 0.29) is 6.61 Å². The highest BCUT2D eigenvalue weighted by atomic mass is 31.0. The van der Waals surface area contributed by atoms with E-state index in [9.17, 15) is 9.59 Å². The topological polar surface area (TPSA) is 52.6 Å². The van der Waals surface area contributed by atoms with Gasteiger partial charge >= 0.3 is 11.9 Å². The van der Waals surface area contributed by atoms with E-state index in [0.29, 0.717) is 11.1 Å². The van der Waals surface area contributed by atoms with Crippen molar-refractivity contribution < 1.29 is 18.8 Å². The minimum Gasteiger partial charge on any atom is -0.458 e. The van der Waals surface area contributed by atoms with E-state index in [1.165, 1.54) is 12.1 Å². The average Bonchev–Trinajstić information content (AvgIpc) is 2.35. The second kappa shape index (κ2) is 6.03. The fraction of sp³-hybridized carbons (Fsp3) is 0.0909. The van der Waals surface area contributed by atoms with E-state index in [0.717, 1.165) is 0 Å². The molecule has 1 aromatic carbocycles. The third-order valence-corrected chi connectivity index (χ3v) is 1.99. The van der Waals surface area contributed by atoms with Crippen molar-refractivity contribution in [1.82, 2.24) is 0 Å². The molecule has 0 spiro atoms. The lowest BCUT2D eigenvalue weighted by Gasteiger charge is -2.03. The van der Waals surface area contributed by atoms with E-state index >= 15 is 0 Å². The zero-order valence-corrected chi connectivity index (χ0v) is 9.67. The first kappa shape index (κ1) is 12.4. The van der Waals surface area contributed by atoms with Crippen molar-refractivity contribution >= 4 is 21.4 Å². The van der Waals surface area contributed by atoms with Gasteiger partial charge in [-0.15, -0.1) is 0 Å². The van der Waals surface area contributed by atoms with Gasteiger partial charge in [0.15, 0.2) is 0 Å². The Hall–Kier alpha value is -1.67. The van der Waals surface area contributed by atoms with Gasteiger partial charge in [-0.1, -0.05) is 18.7 Å². The van der Waals surface area contributed by atoms with E-state index in [1.54, 1.807) is 18.2 Å². The first-order valence-corrected chi connectivity index (χ1v) is 4.95. The van der Waals surface area contributed by atoms with Crippen LogP contribution in [0, 0.1) is 0 Å². The van der Waals surface area contributed by atoms with Crippen LogP contribution in [0.3, 0.4) is 0 Å². The van der Waals surface area contributed by atoms with Gasteiger partial charge in [0.25, 0.3) is 0 Å². The Morgan fingerprint density at radius 1 is 1.31 bits per heavy atom. The Bertz CT molecular complexity index is 414. The summed E-state index contributed by atoms with van der Waals surface area (Å²) in [5.41, 5.74) is 0.595. The minimum absolute atomic E-state index is 0.136. The Balaban J connectivity index is 2.85. The van der Waals surface area contributed by atoms with Crippen LogP contribution < -0.4 is 0 Å². The lowest BCUT2D eigenvalue weighted by atomic mass is 10.1. The van der Waals surface area contributed by atoms with Gasteiger partial charge in [0.05, 0.1) is 20.6 Å². The van der Waals surface area contributed by atoms with Gasteiger partial charge in [0.1, 0.15) is 6.61 Å². The molecule has 0 radical (unpaired) electrons. The van der Waals surface area contributed by atoms with Crippen LogP contribution in [0.4, 0.5) is 0 Å². The fourth-order valence-electron chi connectivity index (χ4n) is 1.06. The molecule has 0 saturated heterocycles. The van der Waals surface area contributed by atoms with E-state index in [1.807, 2.05) is 9.47 Å². The van der Waals surface area contributed by atoms with Crippen molar-refractivity contribution in [2.75, 3.05) is 6.61 Å². The van der Waals surface area contributed by atoms with Crippen LogP contribution in [0.2, 0.25) is 0 Å². The highest BCUT2D eigenvalue weighted by Gasteiger charge is 2.10. The number of rotatable bonds is 4. The average molecular weight is 238 g/mol. The highest BCUT2D eigenvalue weighted by molar-refractivity contribution is 7.10. The molecule has 0 saturated carbocycles. The summed E-state index contributed by atoms with van der Waals surface area (Å²) in [7, 11) is 1.86. The molecule has 0 bridgehead atoms. The Labute approximate surface area is 95.5 Å². The standard InChI is InChI=1S/C11H11O4P/c1-2-6-14-10(12)8-4-3-5-9(7-8)11(13)15-16/h2-5,7H,1,6,16H2. The summed E-state index contributed by atoms with van der Waals surface area (Å²) in [6.45, 7) is 3.57. The van der Waals surface area contributed by atoms with Gasteiger partial charge in [-0.25, -0.2) is 9.59 Å². The van der Waals surface area contributed by atoms with Gasteiger partial charge in [-0.05, 0) is 18.2 Å². The highest BCUT2D eigenvalue weighted by Crippen LogP contribution is 2.09. The Morgan fingerprint density at radius 2 is 1.94 bits per heavy atom. The zero-order chi connectivity index (χ0) is 12.0. The molecule has 0 N–H and O–H groups in total. The molecule has 0 fully saturated rings. The maximum atomic E-state index is 11.4. The molecule has 4 nitrogen and oxygen atoms in total. The zero-order valence-electron chi connectivity index (χ0n) is 8.51. The van der Waals surface area contributed by atoms with Gasteiger partial charge in [0, 0.05) is 0 Å². The Kier molecular flexibility index (Phi) is 4.67. The number of ether oxygens (including phenoxy) is 1. The van der Waals surface area contributed by atoms with Gasteiger partial charge in [-0.2, -0.15) is 0 Å². The van der Waals surface area contributed by atoms with Crippen molar-refractivity contribution in [3.05, 3.63) is 48.0 Å². The summed E-state index contributed by atoms with van der Waals surface area (Å²) in [6, 6.07) is 6.11. The fourth-order valence-corrected chi connectivity index (χ4v) is 1.20. The van der Waals surface area contributed by atoms with Crippen LogP contribution >= 0.6 is 9.47 Å². The first-order valence-electron chi connectivity index (χ1n) is 4.48. The van der Waals surface area contributed by atoms with Crippen LogP contribution in [0.5, 0.6) is 0 Å². The second-order valence-corrected chi connectivity index (χ2v) is 3.11. The molecule has 1 unspecified atom stereocenters. The molecule has 84 valence electrons. The van der Waals surface area contributed by atoms with E-state index < -0.39 is 11.9 Å². The molecule has 0 heterocycles. The molecular weight excluding hydrogens is 227 g/mol. The Morgan fingerprint density at radius 3 is 2.50 bits per heavy atom. The molecule has 1 rings (SSSR count). The first-order chi connectivity index (χ1) is 7.69. The van der Waals surface area contributed by atoms with Gasteiger partial charge < -0.3 is 9.26 Å². The maximum absolute atomic E-state index is 11.4. The summed E-state index contributed by atoms with van der Waals surface area (Å²) in [5, 5.41) is 0. The van der Waals surface area contributed by atoms with Gasteiger partial charge in [0.2, 0.25) is 0 Å². The summed E-state index contributed by atoms with van der Waals surface area (Å²) < 4.78 is 9.29. The normalized spacial score (nSPS) is 9.31. The molecule has 16 heavy (non-hydrogen) atoms. The molecule has 0 aliphatic carbocycles. The minimum atomic E-state index is -0.525. The molecular formula is C11H11O4P. The number of esters is 1. The monoisotopic (exact) mass is 238 g/mol. The predicted molar refractivity (Wildman–Crippen MR) is 62.0 cm³/mol. The van der Waals surface area contributed by atoms with Gasteiger partial charge in [-0.3, -0.25) is 0 Å². The third kappa shape index (κ3) is 3.17. The van der Waals surface area contributed by atoms with Crippen molar-refractivity contribution in [2.45, 2.75) is 0 Å². The molecule has 0 aliphatic rings. The molecule has 0 amide bonds. The van der Waals surface area contributed by atoms with Crippen LogP contribution in [0.1, 0.15) is 20.7 Å². The summed E-state index contributed by atoms with van der Waals surface area (Å²) in [4.78, 5) is 22.6. The molecule has 1 aromatic rings. The number of carbonyl (C=O) groups is 2. The van der Waals surface area contributed by atoms with Crippen LogP contribution in [0.15, 0.2) is 36.9 Å². The van der Waals surface area contributed by atoms with Crippen LogP contribution in [-0.2, 0) is 9.26 Å². The predicted octanol–water partition coefficient (Wildman–Crippen LogP) is 1.98. The van der Waals surface area contributed by atoms with E-state index in [2.05, 4.69) is 11.1 Å². The molecule has 1 atom stereocenters. The number of benzene rings is 1. The van der Waals surface area contributed by atoms with Crippen molar-refractivity contribution in [3.8, 4) is 0 Å². The van der Waals surface area contributed by atoms with Crippen molar-refractivity contribution in [2.24, 2.45) is 0 Å². The second-order valence-electron chi connectivity index (χ2n) is 2.87. The SMILES string of the molecule is C=CCOC(=O)c1cccc(C(=O)OP)c1. The lowest BCUT2D eigenvalue weighted by molar-refractivity contribution is 0.0549. The van der Waals surface area contributed by atoms with E-state index in [4.69, 9.17) is 4.74 Å². The van der Waals surface area contributed by atoms with Crippen molar-refractivity contribution in [1.29, 1.82) is 0 Å². The summed E-state index contributed by atoms with van der Waals surface area (Å²) >= 11 is 0. The largest absolute Gasteiger partial charge is 0.458 e. The number of carbonyl (C=O) groups excluding carboxylic acids is 2. The molecule has 0 aliphatic heterocycles. The summed E-state index contributed by atoms with van der Waals surface area (Å²) in [5.74, 6) is -1.03. The smallest absolute Gasteiger partial charge is 0.340 e. The van der Waals surface area contributed by atoms with Crippen LogP contribution in [-0.4, -0.2) is 18.5 Å². The third-order valence-electron chi connectivity index (χ3n) is 1.77. The maximum Gasteiger partial charge on any atom is 0.340 e. The number of hydrogen-bond donors (Lipinski definition) is 0. The number of hydrogen-bond acceptors (Lipinski definition) is 4. The molecule has 0 aromatic heterocycles. The van der Waals surface area contributed by atoms with Crippen molar-refractivity contribution in [3.63, 3.8) is 0 Å². The lowest BCUT2D eigenvalue weighted by Crippen LogP contribution is -2.07. The molecule has 5 heteroatoms. The van der Waals surface area contributed by atoms with Crippen LogP contribution in [0.25, 0.3) is 0 Å².